The van der Waals surface area contributed by atoms with Gasteiger partial charge in [-0.2, -0.15) is 4.98 Å². The van der Waals surface area contributed by atoms with Crippen LogP contribution >= 0.6 is 23.2 Å². The second kappa shape index (κ2) is 12.6. The maximum Gasteiger partial charge on any atom is 0.225 e. The number of nitrogens with zero attached hydrogens (tertiary/aromatic N) is 4. The van der Waals surface area contributed by atoms with Crippen molar-refractivity contribution < 1.29 is 13.5 Å². The largest absolute Gasteiger partial charge is 0.385 e. The standard InChI is InChI=1S/C28H30Cl2F2N6O/c1-39-9-3-5-17-10-20(29)25(21(30)11-17)27-36-24-15-35-28(34-14-18-6-7-22(31)23(32)12-18)37-26(24)38(27)16-19-4-2-8-33-13-19/h6-7,10-12,15,19,33H,2-5,8-9,13-14,16H2,1H3,(H,34,35,37). The Morgan fingerprint density at radius 1 is 1.10 bits per heavy atom. The molecule has 206 valence electrons. The molecule has 1 aliphatic rings. The Morgan fingerprint density at radius 3 is 2.64 bits per heavy atom. The quantitative estimate of drug-likeness (QED) is 0.217. The number of nitrogens with one attached hydrogen (secondary N) is 2. The summed E-state index contributed by atoms with van der Waals surface area (Å²) >= 11 is 13.6. The number of aryl methyl sites for hydroxylation is 1. The number of benzene rings is 2. The van der Waals surface area contributed by atoms with Gasteiger partial charge in [-0.1, -0.05) is 29.3 Å². The summed E-state index contributed by atoms with van der Waals surface area (Å²) in [6, 6.07) is 7.65. The van der Waals surface area contributed by atoms with Gasteiger partial charge in [0, 0.05) is 26.8 Å². The van der Waals surface area contributed by atoms with Gasteiger partial charge in [0.15, 0.2) is 17.3 Å². The van der Waals surface area contributed by atoms with Crippen molar-refractivity contribution in [2.75, 3.05) is 32.1 Å². The molecule has 2 aromatic heterocycles. The number of piperidine rings is 1. The third-order valence-electron chi connectivity index (χ3n) is 6.90. The van der Waals surface area contributed by atoms with E-state index in [0.717, 1.165) is 56.5 Å². The van der Waals surface area contributed by atoms with E-state index in [1.165, 1.54) is 6.07 Å². The Labute approximate surface area is 235 Å². The van der Waals surface area contributed by atoms with E-state index < -0.39 is 11.6 Å². The van der Waals surface area contributed by atoms with Crippen LogP contribution in [0.5, 0.6) is 0 Å². The minimum absolute atomic E-state index is 0.235. The Bertz CT molecular complexity index is 1430. The predicted octanol–water partition coefficient (Wildman–Crippen LogP) is 6.27. The van der Waals surface area contributed by atoms with Gasteiger partial charge in [0.1, 0.15) is 11.3 Å². The first-order chi connectivity index (χ1) is 18.9. The zero-order valence-electron chi connectivity index (χ0n) is 21.6. The van der Waals surface area contributed by atoms with Crippen LogP contribution in [0.3, 0.4) is 0 Å². The topological polar surface area (TPSA) is 76.9 Å². The molecule has 2 N–H and O–H groups in total. The average Bonchev–Trinajstić information content (AvgIpc) is 3.26. The molecule has 0 spiro atoms. The van der Waals surface area contributed by atoms with Crippen LogP contribution in [0.4, 0.5) is 14.7 Å². The van der Waals surface area contributed by atoms with Crippen molar-refractivity contribution in [3.05, 3.63) is 69.3 Å². The maximum atomic E-state index is 13.6. The molecule has 1 aliphatic heterocycles. The Balaban J connectivity index is 1.50. The van der Waals surface area contributed by atoms with Gasteiger partial charge >= 0.3 is 0 Å². The van der Waals surface area contributed by atoms with Crippen LogP contribution in [0.1, 0.15) is 30.4 Å². The predicted molar refractivity (Wildman–Crippen MR) is 150 cm³/mol. The zero-order valence-corrected chi connectivity index (χ0v) is 23.1. The number of imidazole rings is 1. The second-order valence-electron chi connectivity index (χ2n) is 9.79. The fourth-order valence-corrected chi connectivity index (χ4v) is 5.64. The van der Waals surface area contributed by atoms with Crippen LogP contribution in [0.15, 0.2) is 36.5 Å². The van der Waals surface area contributed by atoms with Crippen molar-refractivity contribution in [1.82, 2.24) is 24.8 Å². The highest BCUT2D eigenvalue weighted by Crippen LogP contribution is 2.37. The van der Waals surface area contributed by atoms with Crippen molar-refractivity contribution in [1.29, 1.82) is 0 Å². The van der Waals surface area contributed by atoms with Crippen molar-refractivity contribution in [2.45, 2.75) is 38.8 Å². The average molecular weight is 575 g/mol. The van der Waals surface area contributed by atoms with Gasteiger partial charge in [-0.05, 0) is 80.1 Å². The number of halogens is 4. The minimum atomic E-state index is -0.895. The Morgan fingerprint density at radius 2 is 1.92 bits per heavy atom. The first kappa shape index (κ1) is 27.7. The van der Waals surface area contributed by atoms with Crippen LogP contribution in [-0.4, -0.2) is 46.3 Å². The molecule has 1 atom stereocenters. The third kappa shape index (κ3) is 6.49. The van der Waals surface area contributed by atoms with E-state index in [1.54, 1.807) is 13.3 Å². The first-order valence-corrected chi connectivity index (χ1v) is 13.8. The fraction of sp³-hybridized carbons (Fsp3) is 0.393. The van der Waals surface area contributed by atoms with Gasteiger partial charge in [-0.3, -0.25) is 0 Å². The van der Waals surface area contributed by atoms with Crippen molar-refractivity contribution >= 4 is 40.3 Å². The zero-order chi connectivity index (χ0) is 27.4. The lowest BCUT2D eigenvalue weighted by Gasteiger charge is -2.24. The normalized spacial score (nSPS) is 15.7. The second-order valence-corrected chi connectivity index (χ2v) is 10.6. The number of aromatic nitrogens is 4. The number of anilines is 1. The van der Waals surface area contributed by atoms with E-state index in [2.05, 4.69) is 20.2 Å². The summed E-state index contributed by atoms with van der Waals surface area (Å²) < 4.78 is 34.2. The maximum absolute atomic E-state index is 13.6. The van der Waals surface area contributed by atoms with Gasteiger partial charge in [-0.25, -0.2) is 18.7 Å². The smallest absolute Gasteiger partial charge is 0.225 e. The molecule has 11 heteroatoms. The number of fused-ring (bicyclic) bond motifs is 1. The van der Waals surface area contributed by atoms with Crippen LogP contribution < -0.4 is 10.6 Å². The van der Waals surface area contributed by atoms with E-state index in [-0.39, 0.29) is 6.54 Å². The summed E-state index contributed by atoms with van der Waals surface area (Å²) in [5.41, 5.74) is 3.53. The van der Waals surface area contributed by atoms with E-state index in [9.17, 15) is 8.78 Å². The van der Waals surface area contributed by atoms with Gasteiger partial charge in [0.05, 0.1) is 21.8 Å². The highest BCUT2D eigenvalue weighted by Gasteiger charge is 2.23. The molecule has 3 heterocycles. The number of rotatable bonds is 10. The summed E-state index contributed by atoms with van der Waals surface area (Å²) in [7, 11) is 1.68. The molecule has 1 unspecified atom stereocenters. The van der Waals surface area contributed by atoms with Gasteiger partial charge in [0.2, 0.25) is 5.95 Å². The molecule has 0 bridgehead atoms. The van der Waals surface area contributed by atoms with Gasteiger partial charge in [0.25, 0.3) is 0 Å². The van der Waals surface area contributed by atoms with Crippen molar-refractivity contribution in [2.24, 2.45) is 5.92 Å². The summed E-state index contributed by atoms with van der Waals surface area (Å²) in [5, 5.41) is 7.63. The molecule has 39 heavy (non-hydrogen) atoms. The summed E-state index contributed by atoms with van der Waals surface area (Å²) in [4.78, 5) is 14.0. The van der Waals surface area contributed by atoms with E-state index in [1.807, 2.05) is 12.1 Å². The van der Waals surface area contributed by atoms with Gasteiger partial charge in [-0.15, -0.1) is 0 Å². The molecule has 0 aliphatic carbocycles. The number of ether oxygens (including phenoxy) is 1. The molecule has 2 aromatic carbocycles. The van der Waals surface area contributed by atoms with Crippen LogP contribution in [0.25, 0.3) is 22.6 Å². The molecule has 0 saturated carbocycles. The highest BCUT2D eigenvalue weighted by molar-refractivity contribution is 6.39. The monoisotopic (exact) mass is 574 g/mol. The molecular formula is C28H30Cl2F2N6O. The molecule has 1 saturated heterocycles. The minimum Gasteiger partial charge on any atom is -0.385 e. The fourth-order valence-electron chi connectivity index (χ4n) is 4.94. The lowest BCUT2D eigenvalue weighted by atomic mass is 9.99. The Hall–Kier alpha value is -2.85. The summed E-state index contributed by atoms with van der Waals surface area (Å²) in [6.07, 6.45) is 5.50. The van der Waals surface area contributed by atoms with Crippen LogP contribution in [0.2, 0.25) is 10.0 Å². The van der Waals surface area contributed by atoms with Crippen LogP contribution in [0, 0.1) is 17.6 Å². The molecule has 1 fully saturated rings. The molecule has 5 rings (SSSR count). The van der Waals surface area contributed by atoms with E-state index >= 15 is 0 Å². The number of hydrogen-bond acceptors (Lipinski definition) is 6. The number of methoxy groups -OCH3 is 1. The van der Waals surface area contributed by atoms with Gasteiger partial charge < -0.3 is 19.9 Å². The van der Waals surface area contributed by atoms with Crippen LogP contribution in [-0.2, 0) is 24.2 Å². The van der Waals surface area contributed by atoms with E-state index in [0.29, 0.717) is 63.2 Å². The SMILES string of the molecule is COCCCc1cc(Cl)c(-c2nc3cnc(NCc4ccc(F)c(F)c4)nc3n2CC2CCCNC2)c(Cl)c1. The number of hydrogen-bond donors (Lipinski definition) is 2. The lowest BCUT2D eigenvalue weighted by molar-refractivity contribution is 0.195. The summed E-state index contributed by atoms with van der Waals surface area (Å²) in [6.45, 7) is 3.48. The molecule has 0 radical (unpaired) electrons. The first-order valence-electron chi connectivity index (χ1n) is 13.0. The molecule has 7 nitrogen and oxygen atoms in total. The summed E-state index contributed by atoms with van der Waals surface area (Å²) in [5.74, 6) is -0.402. The lowest BCUT2D eigenvalue weighted by Crippen LogP contribution is -2.32. The van der Waals surface area contributed by atoms with E-state index in [4.69, 9.17) is 37.9 Å². The van der Waals surface area contributed by atoms with Crippen molar-refractivity contribution in [3.8, 4) is 11.4 Å². The molecular weight excluding hydrogens is 545 g/mol. The third-order valence-corrected chi connectivity index (χ3v) is 7.50. The Kier molecular flexibility index (Phi) is 8.92. The molecule has 0 amide bonds. The highest BCUT2D eigenvalue weighted by atomic mass is 35.5. The molecule has 4 aromatic rings. The van der Waals surface area contributed by atoms with Crippen molar-refractivity contribution in [3.63, 3.8) is 0 Å².